The van der Waals surface area contributed by atoms with Crippen molar-refractivity contribution in [2.45, 2.75) is 52.1 Å². The van der Waals surface area contributed by atoms with Crippen LogP contribution in [0.1, 0.15) is 51.5 Å². The summed E-state index contributed by atoms with van der Waals surface area (Å²) in [5, 5.41) is 0. The molecule has 0 amide bonds. The van der Waals surface area contributed by atoms with Crippen molar-refractivity contribution in [3.8, 4) is 0 Å². The van der Waals surface area contributed by atoms with Crippen molar-refractivity contribution in [2.24, 2.45) is 28.6 Å². The molecule has 3 heteroatoms. The predicted octanol–water partition coefficient (Wildman–Crippen LogP) is 5.57. The van der Waals surface area contributed by atoms with Crippen LogP contribution >= 0.6 is 0 Å². The zero-order chi connectivity index (χ0) is 21.6. The Balaban J connectivity index is 1.40. The lowest BCUT2D eigenvalue weighted by Crippen LogP contribution is -2.53. The summed E-state index contributed by atoms with van der Waals surface area (Å²) in [5.41, 5.74) is 1.98. The van der Waals surface area contributed by atoms with Gasteiger partial charge in [-0.2, -0.15) is 0 Å². The molecule has 5 rings (SSSR count). The van der Waals surface area contributed by atoms with Gasteiger partial charge in [-0.3, -0.25) is 9.59 Å². The third-order valence-corrected chi connectivity index (χ3v) is 8.77. The van der Waals surface area contributed by atoms with Gasteiger partial charge in [0.2, 0.25) is 0 Å². The molecule has 0 bridgehead atoms. The summed E-state index contributed by atoms with van der Waals surface area (Å²) in [4.78, 5) is 25.0. The largest absolute Gasteiger partial charge is 0.370 e. The van der Waals surface area contributed by atoms with Gasteiger partial charge in [-0.1, -0.05) is 62.4 Å². The third-order valence-electron chi connectivity index (χ3n) is 8.77. The molecular weight excluding hydrogens is 384 g/mol. The minimum Gasteiger partial charge on any atom is -0.370 e. The summed E-state index contributed by atoms with van der Waals surface area (Å²) in [6, 6.07) is 10.2. The van der Waals surface area contributed by atoms with Crippen LogP contribution in [0.4, 0.5) is 0 Å². The molecule has 0 spiro atoms. The average molecular weight is 417 g/mol. The first-order valence-electron chi connectivity index (χ1n) is 11.7. The van der Waals surface area contributed by atoms with Gasteiger partial charge in [0.25, 0.3) is 0 Å². The Labute approximate surface area is 185 Å². The van der Waals surface area contributed by atoms with Crippen LogP contribution in [-0.4, -0.2) is 24.3 Å². The smallest absolute Gasteiger partial charge is 0.178 e. The Hall–Kier alpha value is -2.26. The second-order valence-electron chi connectivity index (χ2n) is 10.3. The highest BCUT2D eigenvalue weighted by Gasteiger charge is 2.60. The summed E-state index contributed by atoms with van der Waals surface area (Å²) in [6.45, 7) is 5.01. The molecule has 3 fully saturated rings. The van der Waals surface area contributed by atoms with E-state index in [4.69, 9.17) is 4.74 Å². The molecule has 31 heavy (non-hydrogen) atoms. The number of allylic oxidation sites excluding steroid dienone is 3. The van der Waals surface area contributed by atoms with Crippen molar-refractivity contribution in [2.75, 3.05) is 6.61 Å². The van der Waals surface area contributed by atoms with Gasteiger partial charge in [-0.15, -0.1) is 0 Å². The number of hydrogen-bond acceptors (Lipinski definition) is 3. The van der Waals surface area contributed by atoms with E-state index in [1.165, 1.54) is 0 Å². The molecule has 3 saturated carbocycles. The Kier molecular flexibility index (Phi) is 5.13. The molecule has 1 aromatic carbocycles. The van der Waals surface area contributed by atoms with Crippen LogP contribution in [0.3, 0.4) is 0 Å². The van der Waals surface area contributed by atoms with E-state index in [1.807, 2.05) is 24.3 Å². The number of benzene rings is 1. The zero-order valence-corrected chi connectivity index (χ0v) is 18.6. The Morgan fingerprint density at radius 2 is 1.90 bits per heavy atom. The van der Waals surface area contributed by atoms with Crippen molar-refractivity contribution in [1.82, 2.24) is 0 Å². The molecule has 0 heterocycles. The Morgan fingerprint density at radius 1 is 1.10 bits per heavy atom. The molecule has 0 radical (unpaired) electrons. The molecule has 4 aliphatic carbocycles. The summed E-state index contributed by atoms with van der Waals surface area (Å²) < 4.78 is 6.42. The van der Waals surface area contributed by atoms with E-state index in [1.54, 1.807) is 6.08 Å². The molecule has 0 unspecified atom stereocenters. The van der Waals surface area contributed by atoms with E-state index in [-0.39, 0.29) is 22.7 Å². The minimum atomic E-state index is -0.162. The van der Waals surface area contributed by atoms with Crippen LogP contribution in [0.2, 0.25) is 0 Å². The highest BCUT2D eigenvalue weighted by Crippen LogP contribution is 2.63. The van der Waals surface area contributed by atoms with Crippen molar-refractivity contribution >= 4 is 17.6 Å². The maximum absolute atomic E-state index is 12.7. The fourth-order valence-electron chi connectivity index (χ4n) is 7.07. The molecule has 0 aromatic heterocycles. The Morgan fingerprint density at radius 3 is 2.71 bits per heavy atom. The first-order chi connectivity index (χ1) is 14.9. The summed E-state index contributed by atoms with van der Waals surface area (Å²) in [7, 11) is 0. The monoisotopic (exact) mass is 416 g/mol. The van der Waals surface area contributed by atoms with Gasteiger partial charge >= 0.3 is 0 Å². The normalized spacial score (nSPS) is 39.2. The van der Waals surface area contributed by atoms with Crippen LogP contribution in [0.5, 0.6) is 0 Å². The number of ether oxygens (including phenoxy) is 1. The van der Waals surface area contributed by atoms with Crippen LogP contribution in [0.25, 0.3) is 6.08 Å². The highest BCUT2D eigenvalue weighted by atomic mass is 16.5. The number of fused-ring (bicyclic) bond motifs is 5. The van der Waals surface area contributed by atoms with E-state index in [2.05, 4.69) is 44.2 Å². The lowest BCUT2D eigenvalue weighted by atomic mass is 9.48. The molecule has 0 N–H and O–H groups in total. The molecule has 1 aromatic rings. The maximum atomic E-state index is 12.7. The SMILES string of the molecule is C[C@]12C=CC(=O)C=C1[C@H](OC/C=C\c1ccccc1)C[C@@H]1[C@@H]2CC[C@]2(C)C(=O)CC[C@@H]12. The van der Waals surface area contributed by atoms with Gasteiger partial charge in [-0.05, 0) is 66.7 Å². The lowest BCUT2D eigenvalue weighted by molar-refractivity contribution is -0.133. The van der Waals surface area contributed by atoms with Crippen LogP contribution < -0.4 is 0 Å². The number of Topliss-reactive ketones (excluding diaryl/α,β-unsaturated/α-hetero) is 1. The number of carbonyl (C=O) groups excluding carboxylic acids is 2. The number of hydrogen-bond donors (Lipinski definition) is 0. The third kappa shape index (κ3) is 3.38. The van der Waals surface area contributed by atoms with E-state index in [0.717, 1.165) is 43.2 Å². The molecule has 3 nitrogen and oxygen atoms in total. The minimum absolute atomic E-state index is 0.0658. The topological polar surface area (TPSA) is 43.4 Å². The predicted molar refractivity (Wildman–Crippen MR) is 122 cm³/mol. The van der Waals surface area contributed by atoms with Crippen LogP contribution in [-0.2, 0) is 14.3 Å². The van der Waals surface area contributed by atoms with Crippen molar-refractivity contribution < 1.29 is 14.3 Å². The van der Waals surface area contributed by atoms with Gasteiger partial charge in [-0.25, -0.2) is 0 Å². The fraction of sp³-hybridized carbons (Fsp3) is 0.500. The molecule has 162 valence electrons. The standard InChI is InChI=1S/C28H32O3/c1-27-14-12-20(29)17-24(27)25(31-16-6-9-19-7-4-3-5-8-19)18-21-22-10-11-26(30)28(22,2)15-13-23(21)27/h3-9,12,14,17,21-23,25H,10-11,13,15-16,18H2,1-2H3/b9-6-/t21-,22-,23-,25+,27+,28-/m0/s1. The van der Waals surface area contributed by atoms with Gasteiger partial charge in [0.1, 0.15) is 5.78 Å². The second-order valence-corrected chi connectivity index (χ2v) is 10.3. The average Bonchev–Trinajstić information content (AvgIpc) is 3.07. The van der Waals surface area contributed by atoms with Gasteiger partial charge in [0.15, 0.2) is 5.78 Å². The number of rotatable bonds is 4. The Bertz CT molecular complexity index is 971. The van der Waals surface area contributed by atoms with Crippen molar-refractivity contribution in [1.29, 1.82) is 0 Å². The van der Waals surface area contributed by atoms with E-state index < -0.39 is 0 Å². The summed E-state index contributed by atoms with van der Waals surface area (Å²) in [5.74, 6) is 1.91. The van der Waals surface area contributed by atoms with Crippen molar-refractivity contribution in [3.05, 3.63) is 65.8 Å². The molecular formula is C28H32O3. The molecule has 0 saturated heterocycles. The van der Waals surface area contributed by atoms with Crippen LogP contribution in [0.15, 0.2) is 60.2 Å². The first-order valence-corrected chi connectivity index (χ1v) is 11.7. The molecule has 4 aliphatic rings. The quantitative estimate of drug-likeness (QED) is 0.644. The van der Waals surface area contributed by atoms with Crippen LogP contribution in [0, 0.1) is 28.6 Å². The van der Waals surface area contributed by atoms with Gasteiger partial charge in [0.05, 0.1) is 12.7 Å². The maximum Gasteiger partial charge on any atom is 0.178 e. The number of carbonyl (C=O) groups is 2. The zero-order valence-electron chi connectivity index (χ0n) is 18.6. The first kappa shape index (κ1) is 20.6. The van der Waals surface area contributed by atoms with Crippen molar-refractivity contribution in [3.63, 3.8) is 0 Å². The van der Waals surface area contributed by atoms with E-state index in [0.29, 0.717) is 30.1 Å². The fourth-order valence-corrected chi connectivity index (χ4v) is 7.07. The number of ketones is 2. The van der Waals surface area contributed by atoms with E-state index >= 15 is 0 Å². The van der Waals surface area contributed by atoms with Gasteiger partial charge < -0.3 is 4.74 Å². The molecule has 0 aliphatic heterocycles. The lowest BCUT2D eigenvalue weighted by Gasteiger charge is -2.57. The van der Waals surface area contributed by atoms with Gasteiger partial charge in [0, 0.05) is 17.3 Å². The highest BCUT2D eigenvalue weighted by molar-refractivity contribution is 6.01. The second kappa shape index (κ2) is 7.70. The van der Waals surface area contributed by atoms with E-state index in [9.17, 15) is 9.59 Å². The molecule has 6 atom stereocenters. The summed E-state index contributed by atoms with van der Waals surface area (Å²) >= 11 is 0. The summed E-state index contributed by atoms with van der Waals surface area (Å²) in [6.07, 6.45) is 14.5.